The monoisotopic (exact) mass is 281 g/mol. The van der Waals surface area contributed by atoms with Gasteiger partial charge in [0.15, 0.2) is 0 Å². The second-order valence-corrected chi connectivity index (χ2v) is 6.89. The molecule has 3 atom stereocenters. The van der Waals surface area contributed by atoms with Crippen LogP contribution in [-0.2, 0) is 4.79 Å². The van der Waals surface area contributed by atoms with Crippen LogP contribution in [0.5, 0.6) is 0 Å². The van der Waals surface area contributed by atoms with Crippen molar-refractivity contribution in [1.82, 2.24) is 15.1 Å². The largest absolute Gasteiger partial charge is 0.324 e. The minimum Gasteiger partial charge on any atom is -0.324 e. The van der Waals surface area contributed by atoms with Crippen LogP contribution >= 0.6 is 0 Å². The molecule has 3 unspecified atom stereocenters. The molecule has 2 rings (SSSR count). The van der Waals surface area contributed by atoms with Gasteiger partial charge in [-0.15, -0.1) is 0 Å². The van der Waals surface area contributed by atoms with E-state index in [4.69, 9.17) is 0 Å². The molecule has 0 spiro atoms. The summed E-state index contributed by atoms with van der Waals surface area (Å²) in [6.45, 7) is 7.39. The number of carbonyl (C=O) groups excluding carboxylic acids is 1. The van der Waals surface area contributed by atoms with Crippen LogP contribution < -0.4 is 5.32 Å². The summed E-state index contributed by atoms with van der Waals surface area (Å²) in [6, 6.07) is 0.0178. The zero-order chi connectivity index (χ0) is 14.9. The summed E-state index contributed by atoms with van der Waals surface area (Å²) in [5, 5.41) is 3.56. The highest BCUT2D eigenvalue weighted by Gasteiger charge is 2.47. The normalized spacial score (nSPS) is 30.7. The van der Waals surface area contributed by atoms with E-state index >= 15 is 0 Å². The number of hydrogen-bond acceptors (Lipinski definition) is 3. The third-order valence-corrected chi connectivity index (χ3v) is 5.59. The highest BCUT2D eigenvalue weighted by atomic mass is 16.2. The molecule has 2 fully saturated rings. The van der Waals surface area contributed by atoms with Gasteiger partial charge in [-0.25, -0.2) is 0 Å². The third-order valence-electron chi connectivity index (χ3n) is 5.59. The number of amides is 1. The highest BCUT2D eigenvalue weighted by Crippen LogP contribution is 2.38. The van der Waals surface area contributed by atoms with Crippen LogP contribution in [0.3, 0.4) is 0 Å². The molecule has 1 saturated heterocycles. The lowest BCUT2D eigenvalue weighted by Gasteiger charge is -2.50. The van der Waals surface area contributed by atoms with E-state index < -0.39 is 0 Å². The quantitative estimate of drug-likeness (QED) is 0.809. The van der Waals surface area contributed by atoms with E-state index in [0.717, 1.165) is 19.4 Å². The Morgan fingerprint density at radius 2 is 2.05 bits per heavy atom. The van der Waals surface area contributed by atoms with Gasteiger partial charge in [0.25, 0.3) is 0 Å². The predicted octanol–water partition coefficient (Wildman–Crippen LogP) is 2.05. The Kier molecular flexibility index (Phi) is 4.75. The molecule has 1 amide bonds. The molecule has 1 N–H and O–H groups in total. The summed E-state index contributed by atoms with van der Waals surface area (Å²) in [6.07, 6.45) is 5.98. The van der Waals surface area contributed by atoms with Crippen LogP contribution in [0, 0.1) is 5.92 Å². The Balaban J connectivity index is 2.11. The molecule has 0 aromatic heterocycles. The first-order chi connectivity index (χ1) is 9.45. The minimum atomic E-state index is 0.0178. The molecule has 1 heterocycles. The molecule has 1 aliphatic heterocycles. The fourth-order valence-corrected chi connectivity index (χ4v) is 3.52. The lowest BCUT2D eigenvalue weighted by atomic mass is 9.75. The van der Waals surface area contributed by atoms with Gasteiger partial charge in [-0.1, -0.05) is 27.2 Å². The van der Waals surface area contributed by atoms with Gasteiger partial charge in [0, 0.05) is 12.1 Å². The van der Waals surface area contributed by atoms with E-state index in [-0.39, 0.29) is 17.7 Å². The molecule has 4 nitrogen and oxygen atoms in total. The van der Waals surface area contributed by atoms with Crippen LogP contribution in [0.4, 0.5) is 0 Å². The van der Waals surface area contributed by atoms with Crippen LogP contribution in [0.2, 0.25) is 0 Å². The molecule has 20 heavy (non-hydrogen) atoms. The maximum Gasteiger partial charge on any atom is 0.241 e. The van der Waals surface area contributed by atoms with E-state index in [2.05, 4.69) is 50.0 Å². The molecule has 0 aromatic carbocycles. The lowest BCUT2D eigenvalue weighted by Crippen LogP contribution is -2.59. The van der Waals surface area contributed by atoms with Crippen LogP contribution in [0.1, 0.15) is 52.9 Å². The average molecular weight is 281 g/mol. The Morgan fingerprint density at radius 1 is 1.40 bits per heavy atom. The van der Waals surface area contributed by atoms with Gasteiger partial charge in [0.1, 0.15) is 0 Å². The van der Waals surface area contributed by atoms with Gasteiger partial charge in [-0.3, -0.25) is 10.1 Å². The van der Waals surface area contributed by atoms with Gasteiger partial charge in [-0.05, 0) is 45.7 Å². The summed E-state index contributed by atoms with van der Waals surface area (Å²) in [7, 11) is 4.31. The van der Waals surface area contributed by atoms with Crippen molar-refractivity contribution in [1.29, 1.82) is 0 Å². The SMILES string of the molecule is CCC(C)C1NC(CC)N(CC2(N(C)C)CCC2)C1=O. The fourth-order valence-electron chi connectivity index (χ4n) is 3.52. The van der Waals surface area contributed by atoms with E-state index in [1.165, 1.54) is 19.3 Å². The fraction of sp³-hybridized carbons (Fsp3) is 0.938. The van der Waals surface area contributed by atoms with Gasteiger partial charge in [-0.2, -0.15) is 0 Å². The van der Waals surface area contributed by atoms with Crippen molar-refractivity contribution >= 4 is 5.91 Å². The number of nitrogens with one attached hydrogen (secondary N) is 1. The lowest BCUT2D eigenvalue weighted by molar-refractivity contribution is -0.133. The Labute approximate surface area is 123 Å². The van der Waals surface area contributed by atoms with Gasteiger partial charge in [0.2, 0.25) is 5.91 Å². The Bertz CT molecular complexity index is 352. The van der Waals surface area contributed by atoms with Crippen LogP contribution in [0.25, 0.3) is 0 Å². The number of likely N-dealkylation sites (N-methyl/N-ethyl adjacent to an activating group) is 1. The number of hydrogen-bond donors (Lipinski definition) is 1. The summed E-state index contributed by atoms with van der Waals surface area (Å²) in [4.78, 5) is 17.2. The van der Waals surface area contributed by atoms with Crippen LogP contribution in [-0.4, -0.2) is 54.1 Å². The molecule has 0 bridgehead atoms. The molecule has 1 saturated carbocycles. The smallest absolute Gasteiger partial charge is 0.241 e. The zero-order valence-electron chi connectivity index (χ0n) is 13.8. The summed E-state index contributed by atoms with van der Waals surface area (Å²) in [5.74, 6) is 0.734. The van der Waals surface area contributed by atoms with E-state index in [1.54, 1.807) is 0 Å². The van der Waals surface area contributed by atoms with Crippen molar-refractivity contribution < 1.29 is 4.79 Å². The first-order valence-electron chi connectivity index (χ1n) is 8.19. The first kappa shape index (κ1) is 15.8. The molecule has 4 heteroatoms. The maximum atomic E-state index is 12.8. The summed E-state index contributed by atoms with van der Waals surface area (Å²) in [5.41, 5.74) is 0.217. The van der Waals surface area contributed by atoms with Gasteiger partial charge < -0.3 is 9.80 Å². The number of carbonyl (C=O) groups is 1. The maximum absolute atomic E-state index is 12.8. The van der Waals surface area contributed by atoms with Crippen molar-refractivity contribution in [2.75, 3.05) is 20.6 Å². The first-order valence-corrected chi connectivity index (χ1v) is 8.19. The number of nitrogens with zero attached hydrogens (tertiary/aromatic N) is 2. The highest BCUT2D eigenvalue weighted by molar-refractivity contribution is 5.84. The number of rotatable bonds is 6. The zero-order valence-corrected chi connectivity index (χ0v) is 13.8. The topological polar surface area (TPSA) is 35.6 Å². The average Bonchev–Trinajstić information content (AvgIpc) is 2.69. The van der Waals surface area contributed by atoms with Crippen LogP contribution in [0.15, 0.2) is 0 Å². The molecule has 1 aliphatic carbocycles. The minimum absolute atomic E-state index is 0.0178. The summed E-state index contributed by atoms with van der Waals surface area (Å²) < 4.78 is 0. The second kappa shape index (κ2) is 6.02. The molecule has 2 aliphatic rings. The Morgan fingerprint density at radius 3 is 2.45 bits per heavy atom. The van der Waals surface area contributed by atoms with Crippen molar-refractivity contribution in [2.24, 2.45) is 5.92 Å². The molecule has 0 radical (unpaired) electrons. The van der Waals surface area contributed by atoms with E-state index in [0.29, 0.717) is 11.8 Å². The molecular formula is C16H31N3O. The summed E-state index contributed by atoms with van der Waals surface area (Å²) >= 11 is 0. The van der Waals surface area contributed by atoms with Crippen molar-refractivity contribution in [2.45, 2.75) is 70.6 Å². The van der Waals surface area contributed by atoms with Crippen molar-refractivity contribution in [3.05, 3.63) is 0 Å². The van der Waals surface area contributed by atoms with Gasteiger partial charge in [0.05, 0.1) is 12.2 Å². The molecular weight excluding hydrogens is 250 g/mol. The van der Waals surface area contributed by atoms with Gasteiger partial charge >= 0.3 is 0 Å². The Hall–Kier alpha value is -0.610. The standard InChI is InChI=1S/C16H31N3O/c1-6-12(3)14-15(20)19(13(7-2)17-14)11-16(18(4)5)9-8-10-16/h12-14,17H,6-11H2,1-5H3. The van der Waals surface area contributed by atoms with E-state index in [9.17, 15) is 4.79 Å². The molecule has 116 valence electrons. The third kappa shape index (κ3) is 2.60. The molecule has 0 aromatic rings. The van der Waals surface area contributed by atoms with E-state index in [1.807, 2.05) is 0 Å². The van der Waals surface area contributed by atoms with Crippen molar-refractivity contribution in [3.63, 3.8) is 0 Å². The van der Waals surface area contributed by atoms with Crippen molar-refractivity contribution in [3.8, 4) is 0 Å². The second-order valence-electron chi connectivity index (χ2n) is 6.89. The predicted molar refractivity (Wildman–Crippen MR) is 82.4 cm³/mol.